The number of hydrogen-bond donors (Lipinski definition) is 3. The number of nitrogens with one attached hydrogen (secondary N) is 1. The van der Waals surface area contributed by atoms with Crippen LogP contribution in [0.3, 0.4) is 0 Å². The Kier molecular flexibility index (Phi) is 5.00. The summed E-state index contributed by atoms with van der Waals surface area (Å²) in [5.41, 5.74) is 13.1. The molecule has 0 unspecified atom stereocenters. The zero-order chi connectivity index (χ0) is 18.9. The highest BCUT2D eigenvalue weighted by Crippen LogP contribution is 2.45. The Hall–Kier alpha value is -2.41. The molecule has 140 valence electrons. The van der Waals surface area contributed by atoms with E-state index >= 15 is 0 Å². The second-order valence-corrected chi connectivity index (χ2v) is 6.95. The monoisotopic (exact) mass is 359 g/mol. The number of nitrogens with zero attached hydrogens (tertiary/aromatic N) is 2. The van der Waals surface area contributed by atoms with Gasteiger partial charge < -0.3 is 21.4 Å². The minimum Gasteiger partial charge on any atom is -0.404 e. The number of carbonyl (C=O) groups excluding carboxylic acids is 1. The maximum Gasteiger partial charge on any atom is 0.251 e. The quantitative estimate of drug-likeness (QED) is 0.764. The highest BCUT2D eigenvalue weighted by atomic mass is 19.1. The summed E-state index contributed by atoms with van der Waals surface area (Å²) in [5.74, 6) is -0.643. The summed E-state index contributed by atoms with van der Waals surface area (Å²) in [7, 11) is 0. The van der Waals surface area contributed by atoms with E-state index in [1.807, 2.05) is 0 Å². The number of fused-ring (bicyclic) bond motifs is 1. The molecule has 0 radical (unpaired) electrons. The predicted octanol–water partition coefficient (Wildman–Crippen LogP) is 2.61. The van der Waals surface area contributed by atoms with Crippen molar-refractivity contribution in [1.82, 2.24) is 14.9 Å². The smallest absolute Gasteiger partial charge is 0.251 e. The third-order valence-corrected chi connectivity index (χ3v) is 5.75. The number of amides is 1. The van der Waals surface area contributed by atoms with E-state index in [-0.39, 0.29) is 11.0 Å². The van der Waals surface area contributed by atoms with Crippen LogP contribution in [0.25, 0.3) is 16.6 Å². The largest absolute Gasteiger partial charge is 0.404 e. The Labute approximate surface area is 152 Å². The van der Waals surface area contributed by atoms with E-state index in [0.29, 0.717) is 16.9 Å². The molecule has 7 heteroatoms. The van der Waals surface area contributed by atoms with Gasteiger partial charge in [0.2, 0.25) is 0 Å². The van der Waals surface area contributed by atoms with Crippen LogP contribution in [0.4, 0.5) is 4.39 Å². The summed E-state index contributed by atoms with van der Waals surface area (Å²) < 4.78 is 13.8. The normalized spacial score (nSPS) is 18.3. The Bertz CT molecular complexity index is 849. The summed E-state index contributed by atoms with van der Waals surface area (Å²) in [6.07, 6.45) is 4.49. The molecule has 0 spiro atoms. The van der Waals surface area contributed by atoms with Crippen LogP contribution in [-0.2, 0) is 0 Å². The van der Waals surface area contributed by atoms with Crippen molar-refractivity contribution in [3.8, 4) is 0 Å². The van der Waals surface area contributed by atoms with Crippen molar-refractivity contribution < 1.29 is 9.18 Å². The van der Waals surface area contributed by atoms with Crippen molar-refractivity contribution in [1.29, 1.82) is 0 Å². The predicted molar refractivity (Wildman–Crippen MR) is 101 cm³/mol. The van der Waals surface area contributed by atoms with Crippen molar-refractivity contribution in [3.63, 3.8) is 0 Å². The van der Waals surface area contributed by atoms with Gasteiger partial charge in [-0.3, -0.25) is 4.79 Å². The van der Waals surface area contributed by atoms with E-state index in [1.54, 1.807) is 6.20 Å². The molecule has 0 saturated carbocycles. The molecule has 1 amide bonds. The molecule has 0 atom stereocenters. The lowest BCUT2D eigenvalue weighted by Gasteiger charge is -2.42. The lowest BCUT2D eigenvalue weighted by atomic mass is 9.70. The molecule has 1 aromatic heterocycles. The van der Waals surface area contributed by atoms with Gasteiger partial charge in [-0.2, -0.15) is 0 Å². The molecule has 1 aliphatic rings. The number of halogens is 1. The lowest BCUT2D eigenvalue weighted by molar-refractivity contribution is 0.100. The summed E-state index contributed by atoms with van der Waals surface area (Å²) in [4.78, 5) is 21.8. The molecule has 2 aromatic rings. The van der Waals surface area contributed by atoms with Gasteiger partial charge in [0.05, 0.1) is 11.1 Å². The first-order chi connectivity index (χ1) is 12.4. The van der Waals surface area contributed by atoms with Crippen LogP contribution in [0.5, 0.6) is 0 Å². The van der Waals surface area contributed by atoms with E-state index in [9.17, 15) is 9.18 Å². The zero-order valence-electron chi connectivity index (χ0n) is 15.3. The number of carbonyl (C=O) groups is 1. The second kappa shape index (κ2) is 7.07. The average molecular weight is 359 g/mol. The number of allylic oxidation sites excluding steroid dienone is 1. The molecule has 5 N–H and O–H groups in total. The van der Waals surface area contributed by atoms with E-state index in [4.69, 9.17) is 11.5 Å². The number of piperidine rings is 1. The van der Waals surface area contributed by atoms with Gasteiger partial charge in [0, 0.05) is 17.2 Å². The van der Waals surface area contributed by atoms with E-state index in [0.717, 1.165) is 50.5 Å². The third kappa shape index (κ3) is 3.07. The number of hydrogen-bond acceptors (Lipinski definition) is 4. The van der Waals surface area contributed by atoms with Crippen LogP contribution in [0.1, 0.15) is 49.3 Å². The van der Waals surface area contributed by atoms with Crippen LogP contribution in [0.2, 0.25) is 0 Å². The molecule has 3 rings (SSSR count). The highest BCUT2D eigenvalue weighted by molar-refractivity contribution is 6.04. The molecule has 1 aromatic carbocycles. The Morgan fingerprint density at radius 2 is 2.08 bits per heavy atom. The topological polar surface area (TPSA) is 101 Å². The summed E-state index contributed by atoms with van der Waals surface area (Å²) >= 11 is 0. The second-order valence-electron chi connectivity index (χ2n) is 6.95. The zero-order valence-corrected chi connectivity index (χ0v) is 15.3. The molecule has 1 aliphatic heterocycles. The number of benzene rings is 1. The van der Waals surface area contributed by atoms with Crippen molar-refractivity contribution in [2.75, 3.05) is 19.6 Å². The average Bonchev–Trinajstić information content (AvgIpc) is 3.05. The molecule has 1 saturated heterocycles. The SMILES string of the molecule is CCN1CCC(CC)(C(=CN)c2nc3c(C(N)=O)cc(F)cc3[nH]2)CC1. The fraction of sp³-hybridized carbons (Fsp3) is 0.474. The van der Waals surface area contributed by atoms with E-state index in [2.05, 4.69) is 28.7 Å². The van der Waals surface area contributed by atoms with Crippen molar-refractivity contribution in [3.05, 3.63) is 35.5 Å². The summed E-state index contributed by atoms with van der Waals surface area (Å²) in [5, 5.41) is 0. The Morgan fingerprint density at radius 1 is 1.38 bits per heavy atom. The minimum absolute atomic E-state index is 0.0743. The van der Waals surface area contributed by atoms with Gasteiger partial charge in [0.25, 0.3) is 5.91 Å². The van der Waals surface area contributed by atoms with Crippen LogP contribution in [0.15, 0.2) is 18.3 Å². The van der Waals surface area contributed by atoms with E-state index < -0.39 is 11.7 Å². The Balaban J connectivity index is 2.06. The Morgan fingerprint density at radius 3 is 2.62 bits per heavy atom. The lowest BCUT2D eigenvalue weighted by Crippen LogP contribution is -2.40. The number of rotatable bonds is 5. The van der Waals surface area contributed by atoms with Crippen LogP contribution < -0.4 is 11.5 Å². The molecule has 6 nitrogen and oxygen atoms in total. The number of likely N-dealkylation sites (tertiary alicyclic amines) is 1. The van der Waals surface area contributed by atoms with Crippen molar-refractivity contribution in [2.45, 2.75) is 33.1 Å². The maximum absolute atomic E-state index is 13.8. The molecule has 26 heavy (non-hydrogen) atoms. The molecular weight excluding hydrogens is 333 g/mol. The molecule has 0 aliphatic carbocycles. The van der Waals surface area contributed by atoms with Crippen molar-refractivity contribution >= 4 is 22.5 Å². The molecular formula is C19H26FN5O. The van der Waals surface area contributed by atoms with Crippen molar-refractivity contribution in [2.24, 2.45) is 16.9 Å². The van der Waals surface area contributed by atoms with Crippen LogP contribution in [0, 0.1) is 11.2 Å². The fourth-order valence-corrected chi connectivity index (χ4v) is 4.02. The summed E-state index contributed by atoms with van der Waals surface area (Å²) in [6.45, 7) is 7.36. The number of aromatic amines is 1. The minimum atomic E-state index is -0.702. The molecule has 1 fully saturated rings. The molecule has 0 bridgehead atoms. The molecule has 2 heterocycles. The van der Waals surface area contributed by atoms with E-state index in [1.165, 1.54) is 6.07 Å². The standard InChI is InChI=1S/C19H26FN5O/c1-3-19(5-7-25(4-2)8-6-19)14(11-21)18-23-15-10-12(20)9-13(17(22)26)16(15)24-18/h9-11H,3-8,21H2,1-2H3,(H2,22,26)(H,23,24). The van der Waals surface area contributed by atoms with Crippen LogP contribution in [-0.4, -0.2) is 40.4 Å². The maximum atomic E-state index is 13.8. The summed E-state index contributed by atoms with van der Waals surface area (Å²) in [6, 6.07) is 2.45. The van der Waals surface area contributed by atoms with Gasteiger partial charge in [-0.1, -0.05) is 13.8 Å². The van der Waals surface area contributed by atoms with Crippen LogP contribution >= 0.6 is 0 Å². The van der Waals surface area contributed by atoms with Gasteiger partial charge in [0.1, 0.15) is 17.2 Å². The first-order valence-electron chi connectivity index (χ1n) is 9.08. The fourth-order valence-electron chi connectivity index (χ4n) is 4.02. The number of nitrogens with two attached hydrogens (primary N) is 2. The van der Waals surface area contributed by atoms with Gasteiger partial charge >= 0.3 is 0 Å². The number of H-pyrrole nitrogens is 1. The number of aromatic nitrogens is 2. The van der Waals surface area contributed by atoms with Gasteiger partial charge in [0.15, 0.2) is 0 Å². The highest BCUT2D eigenvalue weighted by Gasteiger charge is 2.38. The van der Waals surface area contributed by atoms with Gasteiger partial charge in [-0.15, -0.1) is 0 Å². The number of primary amides is 1. The van der Waals surface area contributed by atoms with Gasteiger partial charge in [-0.05, 0) is 51.0 Å². The first-order valence-corrected chi connectivity index (χ1v) is 9.08. The first kappa shape index (κ1) is 18.4. The van der Waals surface area contributed by atoms with Gasteiger partial charge in [-0.25, -0.2) is 9.37 Å². The third-order valence-electron chi connectivity index (χ3n) is 5.75. The number of imidazole rings is 1.